The van der Waals surface area contributed by atoms with Crippen molar-refractivity contribution in [1.82, 2.24) is 15.1 Å². The highest BCUT2D eigenvalue weighted by Crippen LogP contribution is 2.22. The molecule has 1 N–H and O–H groups in total. The van der Waals surface area contributed by atoms with Crippen LogP contribution in [0.25, 0.3) is 5.69 Å². The number of nitrogens with one attached hydrogen (secondary N) is 1. The van der Waals surface area contributed by atoms with E-state index >= 15 is 0 Å². The Bertz CT molecular complexity index is 560. The van der Waals surface area contributed by atoms with Crippen LogP contribution in [-0.4, -0.2) is 16.8 Å². The van der Waals surface area contributed by atoms with Crippen molar-refractivity contribution in [2.75, 3.05) is 7.05 Å². The summed E-state index contributed by atoms with van der Waals surface area (Å²) in [4.78, 5) is 0. The van der Waals surface area contributed by atoms with Crippen molar-refractivity contribution in [3.63, 3.8) is 0 Å². The summed E-state index contributed by atoms with van der Waals surface area (Å²) in [5.74, 6) is -0.218. The first kappa shape index (κ1) is 12.8. The maximum atomic E-state index is 13.1. The zero-order valence-corrected chi connectivity index (χ0v) is 11.2. The van der Waals surface area contributed by atoms with Gasteiger partial charge in [0.25, 0.3) is 0 Å². The molecule has 2 rings (SSSR count). The largest absolute Gasteiger partial charge is 0.313 e. The third kappa shape index (κ3) is 2.16. The smallest absolute Gasteiger partial charge is 0.123 e. The predicted molar refractivity (Wildman–Crippen MR) is 70.5 cm³/mol. The zero-order valence-electron chi connectivity index (χ0n) is 11.2. The molecule has 0 aliphatic rings. The van der Waals surface area contributed by atoms with E-state index in [2.05, 4.69) is 17.3 Å². The Labute approximate surface area is 107 Å². The van der Waals surface area contributed by atoms with Crippen LogP contribution in [0.4, 0.5) is 4.39 Å². The number of hydrogen-bond acceptors (Lipinski definition) is 2. The lowest BCUT2D eigenvalue weighted by Crippen LogP contribution is -2.13. The highest BCUT2D eigenvalue weighted by atomic mass is 19.1. The normalized spacial score (nSPS) is 12.7. The minimum atomic E-state index is -0.218. The van der Waals surface area contributed by atoms with E-state index in [1.165, 1.54) is 12.1 Å². The molecule has 96 valence electrons. The van der Waals surface area contributed by atoms with E-state index in [0.717, 1.165) is 22.5 Å². The Morgan fingerprint density at radius 3 is 2.67 bits per heavy atom. The second kappa shape index (κ2) is 4.90. The Kier molecular flexibility index (Phi) is 3.48. The second-order valence-electron chi connectivity index (χ2n) is 4.54. The molecule has 1 aromatic heterocycles. The molecule has 0 saturated heterocycles. The second-order valence-corrected chi connectivity index (χ2v) is 4.54. The fourth-order valence-electron chi connectivity index (χ4n) is 2.10. The summed E-state index contributed by atoms with van der Waals surface area (Å²) in [5, 5.41) is 7.60. The quantitative estimate of drug-likeness (QED) is 0.903. The lowest BCUT2D eigenvalue weighted by atomic mass is 10.1. The summed E-state index contributed by atoms with van der Waals surface area (Å²) in [6, 6.07) is 5.00. The zero-order chi connectivity index (χ0) is 13.3. The molecular formula is C14H18FN3. The molecule has 1 unspecified atom stereocenters. The van der Waals surface area contributed by atoms with Crippen molar-refractivity contribution in [2.24, 2.45) is 0 Å². The summed E-state index contributed by atoms with van der Waals surface area (Å²) < 4.78 is 15.0. The van der Waals surface area contributed by atoms with Crippen LogP contribution < -0.4 is 5.32 Å². The number of aryl methyl sites for hydroxylation is 1. The summed E-state index contributed by atoms with van der Waals surface area (Å²) in [7, 11) is 1.92. The van der Waals surface area contributed by atoms with Gasteiger partial charge in [-0.15, -0.1) is 0 Å². The third-order valence-electron chi connectivity index (χ3n) is 3.33. The summed E-state index contributed by atoms with van der Waals surface area (Å²) >= 11 is 0. The molecule has 1 heterocycles. The van der Waals surface area contributed by atoms with Crippen LogP contribution in [-0.2, 0) is 0 Å². The lowest BCUT2D eigenvalue weighted by molar-refractivity contribution is 0.625. The first-order valence-electron chi connectivity index (χ1n) is 6.03. The highest BCUT2D eigenvalue weighted by molar-refractivity contribution is 5.42. The van der Waals surface area contributed by atoms with Gasteiger partial charge in [-0.3, -0.25) is 0 Å². The molecule has 0 fully saturated rings. The van der Waals surface area contributed by atoms with Gasteiger partial charge >= 0.3 is 0 Å². The van der Waals surface area contributed by atoms with Crippen molar-refractivity contribution in [3.05, 3.63) is 47.0 Å². The minimum Gasteiger partial charge on any atom is -0.313 e. The molecule has 4 heteroatoms. The molecule has 0 radical (unpaired) electrons. The van der Waals surface area contributed by atoms with E-state index < -0.39 is 0 Å². The van der Waals surface area contributed by atoms with Crippen LogP contribution in [0, 0.1) is 19.7 Å². The Balaban J connectivity index is 2.49. The van der Waals surface area contributed by atoms with Crippen LogP contribution in [0.1, 0.15) is 29.8 Å². The van der Waals surface area contributed by atoms with Crippen molar-refractivity contribution in [2.45, 2.75) is 26.8 Å². The monoisotopic (exact) mass is 247 g/mol. The SMILES string of the molecule is CNC(C)c1cnn(-c2ccc(F)cc2C)c1C. The molecular weight excluding hydrogens is 229 g/mol. The number of nitrogens with zero attached hydrogens (tertiary/aromatic N) is 2. The number of hydrogen-bond donors (Lipinski definition) is 1. The van der Waals surface area contributed by atoms with E-state index in [9.17, 15) is 4.39 Å². The standard InChI is InChI=1S/C14H18FN3/c1-9-7-12(15)5-6-14(9)18-11(3)13(8-17-18)10(2)16-4/h5-8,10,16H,1-4H3. The molecule has 0 aliphatic carbocycles. The number of rotatable bonds is 3. The van der Waals surface area contributed by atoms with Crippen LogP contribution >= 0.6 is 0 Å². The fraction of sp³-hybridized carbons (Fsp3) is 0.357. The first-order chi connectivity index (χ1) is 8.54. The van der Waals surface area contributed by atoms with Crippen LogP contribution in [0.15, 0.2) is 24.4 Å². The summed E-state index contributed by atoms with van der Waals surface area (Å²) in [5.41, 5.74) is 4.03. The van der Waals surface area contributed by atoms with Gasteiger partial charge in [-0.25, -0.2) is 9.07 Å². The molecule has 2 aromatic rings. The Hall–Kier alpha value is -1.68. The Morgan fingerprint density at radius 2 is 2.06 bits per heavy atom. The first-order valence-corrected chi connectivity index (χ1v) is 6.03. The van der Waals surface area contributed by atoms with Gasteiger partial charge in [0.15, 0.2) is 0 Å². The van der Waals surface area contributed by atoms with Gasteiger partial charge in [0, 0.05) is 17.3 Å². The topological polar surface area (TPSA) is 29.9 Å². The molecule has 0 saturated carbocycles. The van der Waals surface area contributed by atoms with Gasteiger partial charge in [0.2, 0.25) is 0 Å². The van der Waals surface area contributed by atoms with Crippen LogP contribution in [0.5, 0.6) is 0 Å². The molecule has 0 amide bonds. The van der Waals surface area contributed by atoms with E-state index in [0.29, 0.717) is 0 Å². The number of benzene rings is 1. The van der Waals surface area contributed by atoms with Crippen molar-refractivity contribution in [1.29, 1.82) is 0 Å². The van der Waals surface area contributed by atoms with E-state index in [1.807, 2.05) is 31.8 Å². The fourth-order valence-corrected chi connectivity index (χ4v) is 2.10. The molecule has 0 bridgehead atoms. The van der Waals surface area contributed by atoms with Crippen molar-refractivity contribution in [3.8, 4) is 5.69 Å². The van der Waals surface area contributed by atoms with Gasteiger partial charge in [-0.2, -0.15) is 5.10 Å². The van der Waals surface area contributed by atoms with E-state index in [4.69, 9.17) is 0 Å². The summed E-state index contributed by atoms with van der Waals surface area (Å²) in [6.07, 6.45) is 1.86. The average molecular weight is 247 g/mol. The van der Waals surface area contributed by atoms with Gasteiger partial charge in [-0.1, -0.05) is 0 Å². The molecule has 1 atom stereocenters. The maximum Gasteiger partial charge on any atom is 0.123 e. The highest BCUT2D eigenvalue weighted by Gasteiger charge is 2.13. The lowest BCUT2D eigenvalue weighted by Gasteiger charge is -2.12. The van der Waals surface area contributed by atoms with E-state index in [1.54, 1.807) is 6.07 Å². The minimum absolute atomic E-state index is 0.218. The maximum absolute atomic E-state index is 13.1. The third-order valence-corrected chi connectivity index (χ3v) is 3.33. The number of halogens is 1. The van der Waals surface area contributed by atoms with E-state index in [-0.39, 0.29) is 11.9 Å². The molecule has 18 heavy (non-hydrogen) atoms. The average Bonchev–Trinajstić information content (AvgIpc) is 2.70. The number of aromatic nitrogens is 2. The van der Waals surface area contributed by atoms with Crippen LogP contribution in [0.3, 0.4) is 0 Å². The Morgan fingerprint density at radius 1 is 1.33 bits per heavy atom. The van der Waals surface area contributed by atoms with Gasteiger partial charge in [0.05, 0.1) is 11.9 Å². The molecule has 3 nitrogen and oxygen atoms in total. The van der Waals surface area contributed by atoms with Gasteiger partial charge < -0.3 is 5.32 Å². The summed E-state index contributed by atoms with van der Waals surface area (Å²) in [6.45, 7) is 6.01. The van der Waals surface area contributed by atoms with Crippen molar-refractivity contribution >= 4 is 0 Å². The van der Waals surface area contributed by atoms with Gasteiger partial charge in [0.1, 0.15) is 5.82 Å². The van der Waals surface area contributed by atoms with Crippen LogP contribution in [0.2, 0.25) is 0 Å². The van der Waals surface area contributed by atoms with Gasteiger partial charge in [-0.05, 0) is 51.6 Å². The van der Waals surface area contributed by atoms with Crippen molar-refractivity contribution < 1.29 is 4.39 Å². The molecule has 0 aliphatic heterocycles. The molecule has 1 aromatic carbocycles. The molecule has 0 spiro atoms. The predicted octanol–water partition coefficient (Wildman–Crippen LogP) is 2.91.